The van der Waals surface area contributed by atoms with Crippen molar-refractivity contribution in [3.05, 3.63) is 52.3 Å². The van der Waals surface area contributed by atoms with E-state index in [2.05, 4.69) is 10.4 Å². The number of aromatic nitrogens is 2. The average molecular weight is 315 g/mol. The van der Waals surface area contributed by atoms with Crippen LogP contribution >= 0.6 is 11.6 Å². The van der Waals surface area contributed by atoms with Gasteiger partial charge in [0, 0.05) is 29.0 Å². The second-order valence-electron chi connectivity index (χ2n) is 4.66. The topological polar surface area (TPSA) is 70.7 Å². The lowest BCUT2D eigenvalue weighted by molar-refractivity contribution is -0.112. The molecule has 1 aromatic carbocycles. The van der Waals surface area contributed by atoms with Gasteiger partial charge in [-0.1, -0.05) is 11.6 Å². The summed E-state index contributed by atoms with van der Waals surface area (Å²) in [7, 11) is 0. The van der Waals surface area contributed by atoms with Crippen LogP contribution in [-0.4, -0.2) is 15.7 Å². The molecule has 0 aliphatic heterocycles. The molecular weight excluding hydrogens is 300 g/mol. The summed E-state index contributed by atoms with van der Waals surface area (Å²) >= 11 is 5.79. The molecule has 22 heavy (non-hydrogen) atoms. The molecule has 0 bridgehead atoms. The van der Waals surface area contributed by atoms with Crippen LogP contribution in [0.1, 0.15) is 18.2 Å². The summed E-state index contributed by atoms with van der Waals surface area (Å²) in [5.41, 5.74) is 2.13. The SMILES string of the molecule is CCn1cc(C=C(C#N)C(=O)Nc2ccc(Cl)cc2)c(C)n1. The number of rotatable bonds is 4. The number of carbonyl (C=O) groups excluding carboxylic acids is 1. The van der Waals surface area contributed by atoms with Gasteiger partial charge in [-0.3, -0.25) is 9.48 Å². The molecule has 0 aliphatic carbocycles. The smallest absolute Gasteiger partial charge is 0.266 e. The zero-order chi connectivity index (χ0) is 16.1. The van der Waals surface area contributed by atoms with Gasteiger partial charge in [0.1, 0.15) is 11.6 Å². The predicted octanol–water partition coefficient (Wildman–Crippen LogP) is 3.41. The van der Waals surface area contributed by atoms with Gasteiger partial charge in [0.15, 0.2) is 0 Å². The van der Waals surface area contributed by atoms with Gasteiger partial charge >= 0.3 is 0 Å². The highest BCUT2D eigenvalue weighted by Crippen LogP contribution is 2.16. The summed E-state index contributed by atoms with van der Waals surface area (Å²) in [5, 5.41) is 16.7. The molecule has 2 rings (SSSR count). The van der Waals surface area contributed by atoms with Gasteiger partial charge in [-0.2, -0.15) is 10.4 Å². The van der Waals surface area contributed by atoms with E-state index in [1.807, 2.05) is 26.1 Å². The minimum absolute atomic E-state index is 0.0219. The van der Waals surface area contributed by atoms with Crippen molar-refractivity contribution >= 4 is 29.3 Å². The van der Waals surface area contributed by atoms with E-state index in [1.165, 1.54) is 0 Å². The molecule has 5 nitrogen and oxygen atoms in total. The summed E-state index contributed by atoms with van der Waals surface area (Å²) in [6.45, 7) is 4.54. The molecule has 0 saturated carbocycles. The Hall–Kier alpha value is -2.58. The molecule has 1 heterocycles. The number of benzene rings is 1. The number of amides is 1. The van der Waals surface area contributed by atoms with Crippen LogP contribution in [0.3, 0.4) is 0 Å². The Balaban J connectivity index is 2.21. The Kier molecular flexibility index (Phi) is 4.97. The molecule has 1 N–H and O–H groups in total. The van der Waals surface area contributed by atoms with Gasteiger partial charge in [0.2, 0.25) is 0 Å². The number of anilines is 1. The average Bonchev–Trinajstić information content (AvgIpc) is 2.87. The first-order chi connectivity index (χ1) is 10.5. The molecule has 2 aromatic rings. The van der Waals surface area contributed by atoms with Gasteiger partial charge in [-0.15, -0.1) is 0 Å². The van der Waals surface area contributed by atoms with Crippen LogP contribution in [0.25, 0.3) is 6.08 Å². The lowest BCUT2D eigenvalue weighted by Crippen LogP contribution is -2.13. The van der Waals surface area contributed by atoms with Gasteiger partial charge in [0.25, 0.3) is 5.91 Å². The highest BCUT2D eigenvalue weighted by atomic mass is 35.5. The molecule has 0 spiro atoms. The number of hydrogen-bond acceptors (Lipinski definition) is 3. The third-order valence-electron chi connectivity index (χ3n) is 3.08. The van der Waals surface area contributed by atoms with Crippen molar-refractivity contribution < 1.29 is 4.79 Å². The quantitative estimate of drug-likeness (QED) is 0.694. The predicted molar refractivity (Wildman–Crippen MR) is 86.3 cm³/mol. The summed E-state index contributed by atoms with van der Waals surface area (Å²) < 4.78 is 1.76. The maximum atomic E-state index is 12.2. The van der Waals surface area contributed by atoms with Crippen molar-refractivity contribution in [3.63, 3.8) is 0 Å². The standard InChI is InChI=1S/C16H15ClN4O/c1-3-21-10-13(11(2)20-21)8-12(9-18)16(22)19-15-6-4-14(17)5-7-15/h4-8,10H,3H2,1-2H3,(H,19,22). The monoisotopic (exact) mass is 314 g/mol. The normalized spacial score (nSPS) is 11.1. The number of hydrogen-bond donors (Lipinski definition) is 1. The van der Waals surface area contributed by atoms with E-state index >= 15 is 0 Å². The maximum Gasteiger partial charge on any atom is 0.266 e. The van der Waals surface area contributed by atoms with Gasteiger partial charge in [0.05, 0.1) is 5.69 Å². The number of aryl methyl sites for hydroxylation is 2. The Morgan fingerprint density at radius 2 is 2.14 bits per heavy atom. The van der Waals surface area contributed by atoms with Crippen molar-refractivity contribution in [1.29, 1.82) is 5.26 Å². The van der Waals surface area contributed by atoms with Crippen molar-refractivity contribution in [3.8, 4) is 6.07 Å². The van der Waals surface area contributed by atoms with Crippen LogP contribution < -0.4 is 5.32 Å². The molecule has 0 saturated heterocycles. The second-order valence-corrected chi connectivity index (χ2v) is 5.09. The molecule has 6 heteroatoms. The van der Waals surface area contributed by atoms with E-state index in [4.69, 9.17) is 11.6 Å². The minimum atomic E-state index is -0.464. The highest BCUT2D eigenvalue weighted by Gasteiger charge is 2.11. The fraction of sp³-hybridized carbons (Fsp3) is 0.188. The largest absolute Gasteiger partial charge is 0.321 e. The summed E-state index contributed by atoms with van der Waals surface area (Å²) in [5.74, 6) is -0.464. The van der Waals surface area contributed by atoms with Crippen LogP contribution in [0.15, 0.2) is 36.0 Å². The van der Waals surface area contributed by atoms with Crippen molar-refractivity contribution in [2.75, 3.05) is 5.32 Å². The first-order valence-electron chi connectivity index (χ1n) is 6.76. The van der Waals surface area contributed by atoms with E-state index in [0.717, 1.165) is 17.8 Å². The highest BCUT2D eigenvalue weighted by molar-refractivity contribution is 6.30. The molecule has 112 valence electrons. The zero-order valence-corrected chi connectivity index (χ0v) is 13.1. The lowest BCUT2D eigenvalue weighted by Gasteiger charge is -2.04. The number of nitrogens with zero attached hydrogens (tertiary/aromatic N) is 3. The second kappa shape index (κ2) is 6.92. The summed E-state index contributed by atoms with van der Waals surface area (Å²) in [4.78, 5) is 12.2. The summed E-state index contributed by atoms with van der Waals surface area (Å²) in [6, 6.07) is 8.61. The molecule has 0 radical (unpaired) electrons. The van der Waals surface area contributed by atoms with Crippen LogP contribution in [0, 0.1) is 18.3 Å². The van der Waals surface area contributed by atoms with E-state index in [9.17, 15) is 10.1 Å². The fourth-order valence-electron chi connectivity index (χ4n) is 1.87. The molecule has 0 unspecified atom stereocenters. The van der Waals surface area contributed by atoms with E-state index in [1.54, 1.807) is 35.0 Å². The lowest BCUT2D eigenvalue weighted by atomic mass is 10.1. The van der Waals surface area contributed by atoms with E-state index in [0.29, 0.717) is 10.7 Å². The van der Waals surface area contributed by atoms with Crippen molar-refractivity contribution in [1.82, 2.24) is 9.78 Å². The molecule has 0 atom stereocenters. The Bertz CT molecular complexity index is 753. The van der Waals surface area contributed by atoms with Crippen LogP contribution in [-0.2, 0) is 11.3 Å². The minimum Gasteiger partial charge on any atom is -0.321 e. The fourth-order valence-corrected chi connectivity index (χ4v) is 2.00. The van der Waals surface area contributed by atoms with Crippen molar-refractivity contribution in [2.45, 2.75) is 20.4 Å². The molecule has 1 aromatic heterocycles. The van der Waals surface area contributed by atoms with Gasteiger partial charge in [-0.05, 0) is 44.2 Å². The third kappa shape index (κ3) is 3.74. The number of carbonyl (C=O) groups is 1. The summed E-state index contributed by atoms with van der Waals surface area (Å²) in [6.07, 6.45) is 3.35. The van der Waals surface area contributed by atoms with Gasteiger partial charge in [-0.25, -0.2) is 0 Å². The molecule has 0 fully saturated rings. The number of nitrogens with one attached hydrogen (secondary N) is 1. The maximum absolute atomic E-state index is 12.2. The number of halogens is 1. The molecule has 0 aliphatic rings. The first-order valence-corrected chi connectivity index (χ1v) is 7.14. The number of nitriles is 1. The van der Waals surface area contributed by atoms with Crippen LogP contribution in [0.5, 0.6) is 0 Å². The first kappa shape index (κ1) is 15.8. The molecule has 1 amide bonds. The van der Waals surface area contributed by atoms with E-state index in [-0.39, 0.29) is 5.57 Å². The Morgan fingerprint density at radius 1 is 1.45 bits per heavy atom. The van der Waals surface area contributed by atoms with Crippen LogP contribution in [0.4, 0.5) is 5.69 Å². The van der Waals surface area contributed by atoms with Gasteiger partial charge < -0.3 is 5.32 Å². The molecular formula is C16H15ClN4O. The third-order valence-corrected chi connectivity index (χ3v) is 3.33. The zero-order valence-electron chi connectivity index (χ0n) is 12.3. The Morgan fingerprint density at radius 3 is 2.68 bits per heavy atom. The van der Waals surface area contributed by atoms with Crippen LogP contribution in [0.2, 0.25) is 5.02 Å². The Labute approximate surface area is 133 Å². The van der Waals surface area contributed by atoms with Crippen molar-refractivity contribution in [2.24, 2.45) is 0 Å². The van der Waals surface area contributed by atoms with E-state index < -0.39 is 5.91 Å².